The summed E-state index contributed by atoms with van der Waals surface area (Å²) in [5.41, 5.74) is 6.35. The largest absolute Gasteiger partial charge is 0.508 e. The van der Waals surface area contributed by atoms with E-state index in [0.717, 1.165) is 37.7 Å². The maximum atomic E-state index is 9.27. The van der Waals surface area contributed by atoms with Gasteiger partial charge in [-0.25, -0.2) is 0 Å². The van der Waals surface area contributed by atoms with Gasteiger partial charge in [-0.3, -0.25) is 0 Å². The lowest BCUT2D eigenvalue weighted by molar-refractivity contribution is 0.448. The number of hydrogen-bond donors (Lipinski definition) is 6. The molecule has 5 aromatic carbocycles. The first-order valence-electron chi connectivity index (χ1n) is 20.9. The van der Waals surface area contributed by atoms with Crippen LogP contribution < -0.4 is 0 Å². The van der Waals surface area contributed by atoms with E-state index in [4.69, 9.17) is 15.3 Å². The number of phenolic OH excluding ortho intramolecular Hbond substituents is 6. The van der Waals surface area contributed by atoms with Gasteiger partial charge >= 0.3 is 0 Å². The summed E-state index contributed by atoms with van der Waals surface area (Å²) < 4.78 is 0. The SMILES string of the molecule is CCC(C)(C)c1ccc(O)cc1.CCC(C)(C)c1cccc(O)c1.CCC(C)c1cc(O)cc(O)c1.CCC(C)c1ccc(O)cc1.CCC(C)c1cccc(O)c1. The van der Waals surface area contributed by atoms with Gasteiger partial charge in [-0.2, -0.15) is 0 Å². The van der Waals surface area contributed by atoms with Crippen LogP contribution in [0.25, 0.3) is 0 Å². The lowest BCUT2D eigenvalue weighted by atomic mass is 9.82. The standard InChI is InChI=1S/2C11H16O.C10H14O2.2C10H14O/c1-4-11(2,3)9-5-7-10(12)8-6-9;1-4-11(2,3)9-6-5-7-10(12)8-9;1-3-7(2)8-4-9(11)6-10(12)5-8;1-3-8(2)9-4-6-10(11)7-5-9;1-3-8(2)9-5-4-6-10(11)7-9/h2*5-8,12H,4H2,1-3H3;4-7,11-12H,3H2,1-2H3;2*4-8,11H,3H2,1-2H3. The van der Waals surface area contributed by atoms with Gasteiger partial charge in [0.15, 0.2) is 0 Å². The maximum absolute atomic E-state index is 9.27. The molecule has 0 spiro atoms. The van der Waals surface area contributed by atoms with E-state index < -0.39 is 0 Å². The van der Waals surface area contributed by atoms with Crippen LogP contribution in [-0.4, -0.2) is 30.6 Å². The molecule has 6 heteroatoms. The summed E-state index contributed by atoms with van der Waals surface area (Å²) in [4.78, 5) is 0. The van der Waals surface area contributed by atoms with Crippen molar-refractivity contribution >= 4 is 0 Å². The van der Waals surface area contributed by atoms with Crippen LogP contribution in [0.4, 0.5) is 0 Å². The fraction of sp³-hybridized carbons (Fsp3) is 0.423. The third-order valence-electron chi connectivity index (χ3n) is 11.3. The molecule has 0 heterocycles. The third kappa shape index (κ3) is 18.4. The van der Waals surface area contributed by atoms with E-state index in [-0.39, 0.29) is 22.3 Å². The molecular formula is C52H74O6. The molecule has 6 N–H and O–H groups in total. The van der Waals surface area contributed by atoms with Gasteiger partial charge in [0.25, 0.3) is 0 Å². The van der Waals surface area contributed by atoms with Gasteiger partial charge in [-0.15, -0.1) is 0 Å². The average molecular weight is 795 g/mol. The lowest BCUT2D eigenvalue weighted by Crippen LogP contribution is -2.14. The highest BCUT2D eigenvalue weighted by Gasteiger charge is 2.18. The average Bonchev–Trinajstić information content (AvgIpc) is 3.21. The molecule has 0 saturated carbocycles. The van der Waals surface area contributed by atoms with Crippen LogP contribution in [0.15, 0.2) is 115 Å². The van der Waals surface area contributed by atoms with Gasteiger partial charge in [0, 0.05) is 6.07 Å². The molecule has 3 unspecified atom stereocenters. The summed E-state index contributed by atoms with van der Waals surface area (Å²) in [7, 11) is 0. The summed E-state index contributed by atoms with van der Waals surface area (Å²) in [6.07, 6.45) is 5.45. The second kappa shape index (κ2) is 25.3. The van der Waals surface area contributed by atoms with E-state index >= 15 is 0 Å². The van der Waals surface area contributed by atoms with Gasteiger partial charge < -0.3 is 30.6 Å². The first kappa shape index (κ1) is 50.9. The number of aromatic hydroxyl groups is 6. The van der Waals surface area contributed by atoms with Crippen LogP contribution in [0, 0.1) is 0 Å². The number of rotatable bonds is 10. The molecule has 5 aromatic rings. The van der Waals surface area contributed by atoms with Gasteiger partial charge in [-0.1, -0.05) is 132 Å². The molecular weight excluding hydrogens is 721 g/mol. The number of phenols is 6. The lowest BCUT2D eigenvalue weighted by Gasteiger charge is -2.23. The van der Waals surface area contributed by atoms with Crippen molar-refractivity contribution in [2.24, 2.45) is 0 Å². The minimum atomic E-state index is 0.130. The molecule has 0 saturated heterocycles. The van der Waals surface area contributed by atoms with Gasteiger partial charge in [0.1, 0.15) is 34.5 Å². The van der Waals surface area contributed by atoms with Crippen LogP contribution in [0.5, 0.6) is 34.5 Å². The Balaban J connectivity index is 0.000000363. The second-order valence-corrected chi connectivity index (χ2v) is 16.5. The van der Waals surface area contributed by atoms with Crippen LogP contribution in [0.1, 0.15) is 161 Å². The predicted molar refractivity (Wildman–Crippen MR) is 245 cm³/mol. The highest BCUT2D eigenvalue weighted by Crippen LogP contribution is 2.30. The van der Waals surface area contributed by atoms with Crippen molar-refractivity contribution < 1.29 is 30.6 Å². The number of benzene rings is 5. The Bertz CT molecular complexity index is 1840. The smallest absolute Gasteiger partial charge is 0.119 e. The van der Waals surface area contributed by atoms with Crippen molar-refractivity contribution in [3.8, 4) is 34.5 Å². The minimum absolute atomic E-state index is 0.130. The minimum Gasteiger partial charge on any atom is -0.508 e. The molecule has 0 aliphatic rings. The predicted octanol–water partition coefficient (Wildman–Crippen LogP) is 14.6. The quantitative estimate of drug-likeness (QED) is 0.0837. The van der Waals surface area contributed by atoms with Crippen LogP contribution >= 0.6 is 0 Å². The van der Waals surface area contributed by atoms with Crippen LogP contribution in [0.3, 0.4) is 0 Å². The van der Waals surface area contributed by atoms with Crippen molar-refractivity contribution in [3.63, 3.8) is 0 Å². The molecule has 0 aliphatic heterocycles. The van der Waals surface area contributed by atoms with Crippen LogP contribution in [-0.2, 0) is 10.8 Å². The molecule has 6 nitrogen and oxygen atoms in total. The topological polar surface area (TPSA) is 121 Å². The van der Waals surface area contributed by atoms with Crippen molar-refractivity contribution in [2.45, 2.75) is 144 Å². The molecule has 5 rings (SSSR count). The first-order chi connectivity index (χ1) is 27.2. The molecule has 0 fully saturated rings. The zero-order chi connectivity index (χ0) is 44.1. The van der Waals surface area contributed by atoms with E-state index in [1.807, 2.05) is 54.6 Å². The van der Waals surface area contributed by atoms with Crippen molar-refractivity contribution in [3.05, 3.63) is 143 Å². The molecule has 318 valence electrons. The maximum Gasteiger partial charge on any atom is 0.119 e. The highest BCUT2D eigenvalue weighted by atomic mass is 16.3. The number of hydrogen-bond acceptors (Lipinski definition) is 6. The summed E-state index contributed by atoms with van der Waals surface area (Å²) >= 11 is 0. The Morgan fingerprint density at radius 1 is 0.362 bits per heavy atom. The molecule has 58 heavy (non-hydrogen) atoms. The fourth-order valence-corrected chi connectivity index (χ4v) is 5.49. The van der Waals surface area contributed by atoms with E-state index in [1.54, 1.807) is 48.5 Å². The Morgan fingerprint density at radius 2 is 0.741 bits per heavy atom. The fourth-order valence-electron chi connectivity index (χ4n) is 5.49. The molecule has 0 amide bonds. The summed E-state index contributed by atoms with van der Waals surface area (Å²) in [6.45, 7) is 25.9. The van der Waals surface area contributed by atoms with Gasteiger partial charge in [0.05, 0.1) is 0 Å². The van der Waals surface area contributed by atoms with Gasteiger partial charge in [0.2, 0.25) is 0 Å². The van der Waals surface area contributed by atoms with E-state index in [2.05, 4.69) is 89.2 Å². The Labute approximate surface area is 350 Å². The molecule has 0 aliphatic carbocycles. The molecule has 0 aromatic heterocycles. The van der Waals surface area contributed by atoms with E-state index in [1.165, 1.54) is 28.3 Å². The zero-order valence-corrected chi connectivity index (χ0v) is 37.4. The summed E-state index contributed by atoms with van der Waals surface area (Å²) in [5, 5.41) is 54.9. The zero-order valence-electron chi connectivity index (χ0n) is 37.4. The van der Waals surface area contributed by atoms with Crippen molar-refractivity contribution in [1.29, 1.82) is 0 Å². The second-order valence-electron chi connectivity index (χ2n) is 16.5. The highest BCUT2D eigenvalue weighted by molar-refractivity contribution is 5.38. The van der Waals surface area contributed by atoms with Gasteiger partial charge in [-0.05, 0) is 149 Å². The van der Waals surface area contributed by atoms with Crippen molar-refractivity contribution in [1.82, 2.24) is 0 Å². The van der Waals surface area contributed by atoms with Crippen molar-refractivity contribution in [2.75, 3.05) is 0 Å². The molecule has 0 radical (unpaired) electrons. The summed E-state index contributed by atoms with van der Waals surface area (Å²) in [6, 6.07) is 34.6. The van der Waals surface area contributed by atoms with E-state index in [0.29, 0.717) is 40.8 Å². The van der Waals surface area contributed by atoms with Crippen LogP contribution in [0.2, 0.25) is 0 Å². The third-order valence-corrected chi connectivity index (χ3v) is 11.3. The molecule has 3 atom stereocenters. The molecule has 0 bridgehead atoms. The summed E-state index contributed by atoms with van der Waals surface area (Å²) in [5.74, 6) is 3.18. The Morgan fingerprint density at radius 3 is 1.17 bits per heavy atom. The van der Waals surface area contributed by atoms with E-state index in [9.17, 15) is 15.3 Å². The normalized spacial score (nSPS) is 12.3. The monoisotopic (exact) mass is 795 g/mol. The first-order valence-corrected chi connectivity index (χ1v) is 20.9. The Kier molecular flexibility index (Phi) is 22.2. The Hall–Kier alpha value is -5.10.